The monoisotopic (exact) mass is 196 g/mol. The van der Waals surface area contributed by atoms with E-state index in [2.05, 4.69) is 0 Å². The second kappa shape index (κ2) is 3.13. The fraction of sp³-hybridized carbons (Fsp3) is 0.500. The van der Waals surface area contributed by atoms with Crippen molar-refractivity contribution in [3.63, 3.8) is 0 Å². The highest BCUT2D eigenvalue weighted by Gasteiger charge is 2.35. The van der Waals surface area contributed by atoms with Gasteiger partial charge in [0.25, 0.3) is 0 Å². The van der Waals surface area contributed by atoms with E-state index in [1.165, 1.54) is 0 Å². The molecule has 0 fully saturated rings. The zero-order chi connectivity index (χ0) is 9.35. The molecule has 0 spiro atoms. The first-order valence-corrected chi connectivity index (χ1v) is 3.93. The molecule has 0 saturated heterocycles. The van der Waals surface area contributed by atoms with Crippen molar-refractivity contribution in [3.8, 4) is 0 Å². The lowest BCUT2D eigenvalue weighted by Gasteiger charge is -2.17. The van der Waals surface area contributed by atoms with Gasteiger partial charge in [0.1, 0.15) is 0 Å². The summed E-state index contributed by atoms with van der Waals surface area (Å²) in [6.45, 7) is 1.61. The Hall–Kier alpha value is -0.440. The van der Waals surface area contributed by atoms with Gasteiger partial charge in [-0.1, -0.05) is 17.7 Å². The van der Waals surface area contributed by atoms with Crippen molar-refractivity contribution in [2.45, 2.75) is 24.9 Å². The van der Waals surface area contributed by atoms with Gasteiger partial charge in [-0.3, -0.25) is 0 Å². The SMILES string of the molecule is CC1=CC(Cl)CC(C(F)(F)F)=C1. The van der Waals surface area contributed by atoms with Crippen molar-refractivity contribution in [1.29, 1.82) is 0 Å². The Balaban J connectivity index is 2.87. The molecule has 1 unspecified atom stereocenters. The summed E-state index contributed by atoms with van der Waals surface area (Å²) in [5.41, 5.74) is 0.0380. The average Bonchev–Trinajstić information content (AvgIpc) is 1.82. The topological polar surface area (TPSA) is 0 Å². The molecule has 0 nitrogen and oxygen atoms in total. The van der Waals surface area contributed by atoms with Crippen LogP contribution in [0.1, 0.15) is 13.3 Å². The molecule has 4 heteroatoms. The van der Waals surface area contributed by atoms with Crippen LogP contribution in [0.2, 0.25) is 0 Å². The second-order valence-electron chi connectivity index (χ2n) is 2.80. The van der Waals surface area contributed by atoms with E-state index < -0.39 is 17.1 Å². The van der Waals surface area contributed by atoms with Crippen LogP contribution in [0, 0.1) is 0 Å². The molecule has 0 amide bonds. The molecule has 0 aliphatic heterocycles. The summed E-state index contributed by atoms with van der Waals surface area (Å²) < 4.78 is 36.4. The van der Waals surface area contributed by atoms with Crippen molar-refractivity contribution in [2.24, 2.45) is 0 Å². The zero-order valence-corrected chi connectivity index (χ0v) is 7.21. The molecule has 0 aromatic carbocycles. The predicted octanol–water partition coefficient (Wildman–Crippen LogP) is 3.43. The summed E-state index contributed by atoms with van der Waals surface area (Å²) in [4.78, 5) is 0. The molecule has 0 saturated carbocycles. The van der Waals surface area contributed by atoms with Crippen LogP contribution >= 0.6 is 11.6 Å². The third kappa shape index (κ3) is 2.27. The lowest BCUT2D eigenvalue weighted by molar-refractivity contribution is -0.0940. The number of halogens is 4. The molecule has 1 aliphatic rings. The maximum Gasteiger partial charge on any atom is 0.412 e. The van der Waals surface area contributed by atoms with Crippen LogP contribution in [0.25, 0.3) is 0 Å². The van der Waals surface area contributed by atoms with Crippen molar-refractivity contribution in [2.75, 3.05) is 0 Å². The van der Waals surface area contributed by atoms with E-state index in [-0.39, 0.29) is 6.42 Å². The van der Waals surface area contributed by atoms with Gasteiger partial charge in [0.15, 0.2) is 0 Å². The minimum absolute atomic E-state index is 0.123. The summed E-state index contributed by atoms with van der Waals surface area (Å²) in [5.74, 6) is 0. The zero-order valence-electron chi connectivity index (χ0n) is 6.45. The van der Waals surface area contributed by atoms with Crippen molar-refractivity contribution in [3.05, 3.63) is 23.3 Å². The van der Waals surface area contributed by atoms with Crippen LogP contribution in [-0.4, -0.2) is 11.6 Å². The maximum atomic E-state index is 12.1. The van der Waals surface area contributed by atoms with Crippen molar-refractivity contribution < 1.29 is 13.2 Å². The number of hydrogen-bond donors (Lipinski definition) is 0. The van der Waals surface area contributed by atoms with Crippen molar-refractivity contribution >= 4 is 11.6 Å². The van der Waals surface area contributed by atoms with Crippen LogP contribution in [-0.2, 0) is 0 Å². The molecule has 1 rings (SSSR count). The maximum absolute atomic E-state index is 12.1. The minimum atomic E-state index is -4.23. The molecule has 0 radical (unpaired) electrons. The third-order valence-electron chi connectivity index (χ3n) is 1.62. The fourth-order valence-corrected chi connectivity index (χ4v) is 1.50. The van der Waals surface area contributed by atoms with E-state index in [9.17, 15) is 13.2 Å². The molecule has 68 valence electrons. The van der Waals surface area contributed by atoms with Gasteiger partial charge in [-0.2, -0.15) is 13.2 Å². The second-order valence-corrected chi connectivity index (χ2v) is 3.36. The Morgan fingerprint density at radius 1 is 1.50 bits per heavy atom. The highest BCUT2D eigenvalue weighted by atomic mass is 35.5. The summed E-state index contributed by atoms with van der Waals surface area (Å²) >= 11 is 5.60. The third-order valence-corrected chi connectivity index (χ3v) is 1.90. The molecule has 0 bridgehead atoms. The van der Waals surface area contributed by atoms with Gasteiger partial charge in [0, 0.05) is 5.57 Å². The molecule has 0 aromatic rings. The summed E-state index contributed by atoms with van der Waals surface area (Å²) in [6.07, 6.45) is -1.60. The van der Waals surface area contributed by atoms with Crippen LogP contribution < -0.4 is 0 Å². The van der Waals surface area contributed by atoms with E-state index in [0.717, 1.165) is 6.08 Å². The fourth-order valence-electron chi connectivity index (χ4n) is 1.13. The van der Waals surface area contributed by atoms with Gasteiger partial charge in [-0.25, -0.2) is 0 Å². The summed E-state index contributed by atoms with van der Waals surface area (Å²) in [7, 11) is 0. The molecule has 12 heavy (non-hydrogen) atoms. The molecule has 1 atom stereocenters. The Morgan fingerprint density at radius 2 is 2.08 bits per heavy atom. The van der Waals surface area contributed by atoms with E-state index in [0.29, 0.717) is 5.57 Å². The quantitative estimate of drug-likeness (QED) is 0.521. The molecule has 0 aromatic heterocycles. The van der Waals surface area contributed by atoms with Gasteiger partial charge in [-0.05, 0) is 13.3 Å². The first-order chi connectivity index (χ1) is 5.39. The normalized spacial score (nSPS) is 24.9. The van der Waals surface area contributed by atoms with E-state index >= 15 is 0 Å². The van der Waals surface area contributed by atoms with Gasteiger partial charge in [0.05, 0.1) is 5.38 Å². The number of rotatable bonds is 0. The van der Waals surface area contributed by atoms with E-state index in [1.54, 1.807) is 13.0 Å². The average molecular weight is 197 g/mol. The Morgan fingerprint density at radius 3 is 2.50 bits per heavy atom. The van der Waals surface area contributed by atoms with Gasteiger partial charge in [-0.15, -0.1) is 11.6 Å². The Kier molecular flexibility index (Phi) is 2.52. The van der Waals surface area contributed by atoms with Crippen LogP contribution in [0.4, 0.5) is 13.2 Å². The van der Waals surface area contributed by atoms with E-state index in [4.69, 9.17) is 11.6 Å². The van der Waals surface area contributed by atoms with Crippen LogP contribution in [0.3, 0.4) is 0 Å². The standard InChI is InChI=1S/C8H8ClF3/c1-5-2-6(8(10,11)12)4-7(9)3-5/h2-3,7H,4H2,1H3. The van der Waals surface area contributed by atoms with Gasteiger partial charge in [0.2, 0.25) is 0 Å². The van der Waals surface area contributed by atoms with Gasteiger partial charge >= 0.3 is 6.18 Å². The minimum Gasteiger partial charge on any atom is -0.166 e. The van der Waals surface area contributed by atoms with E-state index in [1.807, 2.05) is 0 Å². The highest BCUT2D eigenvalue weighted by molar-refractivity contribution is 6.22. The summed E-state index contributed by atoms with van der Waals surface area (Å²) in [5, 5.41) is -0.522. The Labute approximate surface area is 73.7 Å². The largest absolute Gasteiger partial charge is 0.412 e. The smallest absolute Gasteiger partial charge is 0.166 e. The lowest BCUT2D eigenvalue weighted by atomic mass is 10.00. The lowest BCUT2D eigenvalue weighted by Crippen LogP contribution is -2.17. The number of allylic oxidation sites excluding steroid dienone is 4. The highest BCUT2D eigenvalue weighted by Crippen LogP contribution is 2.34. The van der Waals surface area contributed by atoms with Gasteiger partial charge < -0.3 is 0 Å². The van der Waals surface area contributed by atoms with Crippen molar-refractivity contribution in [1.82, 2.24) is 0 Å². The van der Waals surface area contributed by atoms with Crippen LogP contribution in [0.15, 0.2) is 23.3 Å². The molecule has 0 heterocycles. The molecular weight excluding hydrogens is 189 g/mol. The summed E-state index contributed by atoms with van der Waals surface area (Å²) in [6, 6.07) is 0. The number of alkyl halides is 4. The predicted molar refractivity (Wildman–Crippen MR) is 42.2 cm³/mol. The first kappa shape index (κ1) is 9.65. The first-order valence-electron chi connectivity index (χ1n) is 3.50. The molecule has 0 N–H and O–H groups in total. The molecular formula is C8H8ClF3. The molecule has 1 aliphatic carbocycles. The Bertz CT molecular complexity index is 237. The van der Waals surface area contributed by atoms with Crippen LogP contribution in [0.5, 0.6) is 0 Å². The number of hydrogen-bond acceptors (Lipinski definition) is 0.